The van der Waals surface area contributed by atoms with E-state index in [1.165, 1.54) is 7.11 Å². The molecule has 2 aliphatic heterocycles. The van der Waals surface area contributed by atoms with Gasteiger partial charge in [0.25, 0.3) is 0 Å². The molecule has 6 nitrogen and oxygen atoms in total. The van der Waals surface area contributed by atoms with Crippen molar-refractivity contribution in [2.75, 3.05) is 20.2 Å². The molecule has 0 N–H and O–H groups in total. The van der Waals surface area contributed by atoms with E-state index < -0.39 is 0 Å². The average molecular weight is 299 g/mol. The third-order valence-corrected chi connectivity index (χ3v) is 4.28. The highest BCUT2D eigenvalue weighted by Crippen LogP contribution is 2.36. The van der Waals surface area contributed by atoms with Crippen LogP contribution in [0.5, 0.6) is 0 Å². The molecular weight excluding hydrogens is 282 g/mol. The second-order valence-electron chi connectivity index (χ2n) is 5.60. The lowest BCUT2D eigenvalue weighted by Crippen LogP contribution is -2.46. The number of carbonyl (C=O) groups excluding carboxylic acids is 1. The van der Waals surface area contributed by atoms with Crippen LogP contribution in [-0.4, -0.2) is 42.5 Å². The Morgan fingerprint density at radius 1 is 1.36 bits per heavy atom. The minimum Gasteiger partial charge on any atom is -0.453 e. The first-order chi connectivity index (χ1) is 10.7. The van der Waals surface area contributed by atoms with Gasteiger partial charge in [-0.2, -0.15) is 0 Å². The van der Waals surface area contributed by atoms with Crippen LogP contribution in [0.1, 0.15) is 24.8 Å². The molecule has 1 aromatic rings. The number of likely N-dealkylation sites (tertiary alicyclic amines) is 1. The van der Waals surface area contributed by atoms with Crippen molar-refractivity contribution in [1.29, 1.82) is 0 Å². The fraction of sp³-hybridized carbons (Fsp3) is 0.438. The van der Waals surface area contributed by atoms with E-state index in [9.17, 15) is 4.79 Å². The lowest BCUT2D eigenvalue weighted by atomic mass is 9.85. The summed E-state index contributed by atoms with van der Waals surface area (Å²) in [6.45, 7) is 8.21. The summed E-state index contributed by atoms with van der Waals surface area (Å²) in [7, 11) is 1.40. The van der Waals surface area contributed by atoms with Gasteiger partial charge in [0, 0.05) is 32.4 Å². The normalized spacial score (nSPS) is 19.3. The van der Waals surface area contributed by atoms with Gasteiger partial charge in [-0.1, -0.05) is 29.4 Å². The summed E-state index contributed by atoms with van der Waals surface area (Å²) in [6.07, 6.45) is 1.94. The van der Waals surface area contributed by atoms with Crippen molar-refractivity contribution in [1.82, 2.24) is 4.90 Å². The second kappa shape index (κ2) is 5.68. The van der Waals surface area contributed by atoms with E-state index in [1.54, 1.807) is 17.0 Å². The number of ether oxygens (including phenoxy) is 1. The topological polar surface area (TPSA) is 55.5 Å². The van der Waals surface area contributed by atoms with E-state index in [4.69, 9.17) is 16.1 Å². The van der Waals surface area contributed by atoms with Crippen LogP contribution in [0.2, 0.25) is 0 Å². The summed E-state index contributed by atoms with van der Waals surface area (Å²) in [4.78, 5) is 22.3. The van der Waals surface area contributed by atoms with E-state index >= 15 is 0 Å². The van der Waals surface area contributed by atoms with Crippen LogP contribution in [0.25, 0.3) is 4.85 Å². The maximum absolute atomic E-state index is 11.5. The number of methoxy groups -OCH3 is 1. The van der Waals surface area contributed by atoms with Crippen LogP contribution in [0.3, 0.4) is 0 Å². The second-order valence-corrected chi connectivity index (χ2v) is 5.60. The SMILES string of the molecule is [C-]#[N+]c1ccc(C2=NOC3(CCN(C(=O)OC)CC3)C2)cc1. The number of oxime groups is 1. The smallest absolute Gasteiger partial charge is 0.409 e. The van der Waals surface area contributed by atoms with Gasteiger partial charge in [-0.25, -0.2) is 9.64 Å². The Hall–Kier alpha value is -2.55. The van der Waals surface area contributed by atoms with Gasteiger partial charge in [0.05, 0.1) is 19.4 Å². The number of benzene rings is 1. The lowest BCUT2D eigenvalue weighted by molar-refractivity contribution is -0.0584. The van der Waals surface area contributed by atoms with Crippen molar-refractivity contribution in [2.24, 2.45) is 5.16 Å². The molecule has 2 heterocycles. The number of carbonyl (C=O) groups is 1. The maximum atomic E-state index is 11.5. The summed E-state index contributed by atoms with van der Waals surface area (Å²) >= 11 is 0. The molecule has 0 aliphatic carbocycles. The largest absolute Gasteiger partial charge is 0.453 e. The molecular formula is C16H17N3O3. The summed E-state index contributed by atoms with van der Waals surface area (Å²) in [5.41, 5.74) is 2.20. The molecule has 1 amide bonds. The zero-order valence-electron chi connectivity index (χ0n) is 12.4. The molecule has 0 bridgehead atoms. The van der Waals surface area contributed by atoms with Crippen molar-refractivity contribution in [3.8, 4) is 0 Å². The molecule has 1 aromatic carbocycles. The van der Waals surface area contributed by atoms with Crippen LogP contribution in [-0.2, 0) is 9.57 Å². The van der Waals surface area contributed by atoms with Crippen LogP contribution in [0, 0.1) is 6.57 Å². The van der Waals surface area contributed by atoms with E-state index in [0.717, 1.165) is 30.5 Å². The fourth-order valence-electron chi connectivity index (χ4n) is 2.90. The van der Waals surface area contributed by atoms with Gasteiger partial charge < -0.3 is 14.5 Å². The van der Waals surface area contributed by atoms with Crippen molar-refractivity contribution >= 4 is 17.5 Å². The molecule has 1 spiro atoms. The first kappa shape index (κ1) is 14.4. The monoisotopic (exact) mass is 299 g/mol. The highest BCUT2D eigenvalue weighted by atomic mass is 16.7. The number of rotatable bonds is 1. The Balaban J connectivity index is 1.64. The van der Waals surface area contributed by atoms with Gasteiger partial charge in [0.15, 0.2) is 5.69 Å². The molecule has 0 aromatic heterocycles. The van der Waals surface area contributed by atoms with Gasteiger partial charge in [0.1, 0.15) is 5.60 Å². The van der Waals surface area contributed by atoms with E-state index in [0.29, 0.717) is 18.8 Å². The summed E-state index contributed by atoms with van der Waals surface area (Å²) in [5, 5.41) is 4.23. The Morgan fingerprint density at radius 2 is 2.05 bits per heavy atom. The van der Waals surface area contributed by atoms with Crippen molar-refractivity contribution in [2.45, 2.75) is 24.9 Å². The molecule has 0 radical (unpaired) electrons. The van der Waals surface area contributed by atoms with Crippen LogP contribution in [0.4, 0.5) is 10.5 Å². The third kappa shape index (κ3) is 2.62. The van der Waals surface area contributed by atoms with Crippen LogP contribution >= 0.6 is 0 Å². The number of amides is 1. The standard InChI is InChI=1S/C16H17N3O3/c1-17-13-5-3-12(4-6-13)14-11-16(22-18-14)7-9-19(10-8-16)15(20)21-2/h3-6H,7-11H2,2H3. The summed E-state index contributed by atoms with van der Waals surface area (Å²) in [6, 6.07) is 7.38. The first-order valence-corrected chi connectivity index (χ1v) is 7.22. The van der Waals surface area contributed by atoms with E-state index in [2.05, 4.69) is 10.0 Å². The molecule has 2 aliphatic rings. The number of nitrogens with zero attached hydrogens (tertiary/aromatic N) is 3. The molecule has 114 valence electrons. The molecule has 0 atom stereocenters. The van der Waals surface area contributed by atoms with Gasteiger partial charge in [-0.3, -0.25) is 0 Å². The number of hydrogen-bond acceptors (Lipinski definition) is 4. The van der Waals surface area contributed by atoms with E-state index in [-0.39, 0.29) is 11.7 Å². The third-order valence-electron chi connectivity index (χ3n) is 4.28. The highest BCUT2D eigenvalue weighted by molar-refractivity contribution is 6.01. The summed E-state index contributed by atoms with van der Waals surface area (Å²) in [5.74, 6) is 0. The minimum absolute atomic E-state index is 0.288. The van der Waals surface area contributed by atoms with Crippen molar-refractivity contribution in [3.05, 3.63) is 41.2 Å². The number of hydrogen-bond donors (Lipinski definition) is 0. The molecule has 1 saturated heterocycles. The maximum Gasteiger partial charge on any atom is 0.409 e. The number of piperidine rings is 1. The summed E-state index contributed by atoms with van der Waals surface area (Å²) < 4.78 is 4.75. The molecule has 3 rings (SSSR count). The Kier molecular flexibility index (Phi) is 3.72. The predicted octanol–water partition coefficient (Wildman–Crippen LogP) is 2.96. The predicted molar refractivity (Wildman–Crippen MR) is 80.9 cm³/mol. The Morgan fingerprint density at radius 3 is 2.64 bits per heavy atom. The Bertz CT molecular complexity index is 638. The Labute approximate surface area is 129 Å². The average Bonchev–Trinajstić information content (AvgIpc) is 2.98. The zero-order chi connectivity index (χ0) is 15.6. The molecule has 1 fully saturated rings. The van der Waals surface area contributed by atoms with Gasteiger partial charge in [-0.05, 0) is 5.56 Å². The molecule has 0 saturated carbocycles. The van der Waals surface area contributed by atoms with Crippen LogP contribution in [0.15, 0.2) is 29.4 Å². The first-order valence-electron chi connectivity index (χ1n) is 7.22. The van der Waals surface area contributed by atoms with Crippen molar-refractivity contribution in [3.63, 3.8) is 0 Å². The molecule has 22 heavy (non-hydrogen) atoms. The lowest BCUT2D eigenvalue weighted by Gasteiger charge is -2.36. The highest BCUT2D eigenvalue weighted by Gasteiger charge is 2.43. The quantitative estimate of drug-likeness (QED) is 0.749. The zero-order valence-corrected chi connectivity index (χ0v) is 12.4. The van der Waals surface area contributed by atoms with Gasteiger partial charge in [-0.15, -0.1) is 0 Å². The van der Waals surface area contributed by atoms with Gasteiger partial charge >= 0.3 is 6.09 Å². The van der Waals surface area contributed by atoms with Crippen molar-refractivity contribution < 1.29 is 14.4 Å². The van der Waals surface area contributed by atoms with Crippen LogP contribution < -0.4 is 0 Å². The fourth-order valence-corrected chi connectivity index (χ4v) is 2.90. The van der Waals surface area contributed by atoms with E-state index in [1.807, 2.05) is 12.1 Å². The van der Waals surface area contributed by atoms with Gasteiger partial charge in [0.2, 0.25) is 0 Å². The minimum atomic E-state index is -0.307. The molecule has 0 unspecified atom stereocenters. The molecule has 6 heteroatoms.